The molecule has 0 aromatic heterocycles. The lowest BCUT2D eigenvalue weighted by atomic mass is 9.85. The molecule has 1 fully saturated rings. The molecule has 0 spiro atoms. The van der Waals surface area contributed by atoms with Crippen molar-refractivity contribution in [2.24, 2.45) is 5.92 Å². The second-order valence-electron chi connectivity index (χ2n) is 7.99. The van der Waals surface area contributed by atoms with E-state index in [1.54, 1.807) is 4.90 Å². The summed E-state index contributed by atoms with van der Waals surface area (Å²) in [6, 6.07) is 0.0502. The highest BCUT2D eigenvalue weighted by atomic mass is 16.6. The van der Waals surface area contributed by atoms with Crippen molar-refractivity contribution in [1.82, 2.24) is 4.90 Å². The number of ether oxygens (including phenoxy) is 2. The minimum absolute atomic E-state index is 0.0502. The van der Waals surface area contributed by atoms with Crippen LogP contribution < -0.4 is 0 Å². The Bertz CT molecular complexity index is 448. The highest BCUT2D eigenvalue weighted by Crippen LogP contribution is 2.37. The van der Waals surface area contributed by atoms with E-state index >= 15 is 0 Å². The molecule has 0 aromatic carbocycles. The average molecular weight is 309 g/mol. The van der Waals surface area contributed by atoms with Crippen LogP contribution in [0.2, 0.25) is 0 Å². The number of amides is 1. The molecule has 4 heteroatoms. The number of carbonyl (C=O) groups excluding carboxylic acids is 1. The minimum Gasteiger partial charge on any atom is -0.444 e. The lowest BCUT2D eigenvalue weighted by Crippen LogP contribution is -2.51. The monoisotopic (exact) mass is 309 g/mol. The van der Waals surface area contributed by atoms with Crippen LogP contribution in [-0.4, -0.2) is 35.0 Å². The van der Waals surface area contributed by atoms with Crippen LogP contribution in [0.4, 0.5) is 4.79 Å². The van der Waals surface area contributed by atoms with Gasteiger partial charge < -0.3 is 9.47 Å². The summed E-state index contributed by atoms with van der Waals surface area (Å²) in [7, 11) is 0. The van der Waals surface area contributed by atoms with E-state index in [2.05, 4.69) is 13.0 Å². The Morgan fingerprint density at radius 1 is 1.41 bits per heavy atom. The number of nitrogens with zero attached hydrogens (tertiary/aromatic N) is 1. The lowest BCUT2D eigenvalue weighted by molar-refractivity contribution is -0.0637. The normalized spacial score (nSPS) is 26.5. The second-order valence-corrected chi connectivity index (χ2v) is 7.99. The van der Waals surface area contributed by atoms with Crippen molar-refractivity contribution in [2.75, 3.05) is 6.61 Å². The summed E-state index contributed by atoms with van der Waals surface area (Å²) in [6.07, 6.45) is 6.90. The molecule has 2 atom stereocenters. The molecule has 126 valence electrons. The van der Waals surface area contributed by atoms with Crippen molar-refractivity contribution in [3.8, 4) is 0 Å². The van der Waals surface area contributed by atoms with Gasteiger partial charge in [-0.25, -0.2) is 4.79 Å². The zero-order valence-electron chi connectivity index (χ0n) is 14.9. The summed E-state index contributed by atoms with van der Waals surface area (Å²) in [5, 5.41) is 0. The SMILES string of the molecule is C[C@H](C1=CCCCC1)[C@@H]1COC(C)(C)N1C(=O)OC(C)(C)C. The van der Waals surface area contributed by atoms with Crippen LogP contribution in [0, 0.1) is 5.92 Å². The molecule has 1 aliphatic heterocycles. The van der Waals surface area contributed by atoms with Gasteiger partial charge in [-0.15, -0.1) is 0 Å². The third-order valence-electron chi connectivity index (χ3n) is 4.60. The number of carbonyl (C=O) groups is 1. The summed E-state index contributed by atoms with van der Waals surface area (Å²) in [4.78, 5) is 14.5. The molecule has 2 rings (SSSR count). The first kappa shape index (κ1) is 17.3. The predicted molar refractivity (Wildman–Crippen MR) is 87.6 cm³/mol. The summed E-state index contributed by atoms with van der Waals surface area (Å²) in [5.74, 6) is 0.314. The zero-order chi connectivity index (χ0) is 16.5. The fourth-order valence-corrected chi connectivity index (χ4v) is 3.39. The minimum atomic E-state index is -0.615. The van der Waals surface area contributed by atoms with Gasteiger partial charge in [0.1, 0.15) is 11.3 Å². The van der Waals surface area contributed by atoms with Gasteiger partial charge >= 0.3 is 6.09 Å². The molecule has 1 amide bonds. The van der Waals surface area contributed by atoms with Crippen molar-refractivity contribution in [3.05, 3.63) is 11.6 Å². The third kappa shape index (κ3) is 3.83. The molecule has 0 bridgehead atoms. The lowest BCUT2D eigenvalue weighted by Gasteiger charge is -2.37. The molecule has 1 aliphatic carbocycles. The van der Waals surface area contributed by atoms with Crippen molar-refractivity contribution >= 4 is 6.09 Å². The molecule has 0 aromatic rings. The fourth-order valence-electron chi connectivity index (χ4n) is 3.39. The number of allylic oxidation sites excluding steroid dienone is 1. The maximum atomic E-state index is 12.7. The number of hydrogen-bond acceptors (Lipinski definition) is 3. The van der Waals surface area contributed by atoms with Crippen LogP contribution in [0.5, 0.6) is 0 Å². The molecule has 22 heavy (non-hydrogen) atoms. The molecule has 2 aliphatic rings. The van der Waals surface area contributed by atoms with Crippen LogP contribution >= 0.6 is 0 Å². The number of hydrogen-bond donors (Lipinski definition) is 0. The van der Waals surface area contributed by atoms with Gasteiger partial charge in [-0.05, 0) is 66.2 Å². The molecule has 0 unspecified atom stereocenters. The topological polar surface area (TPSA) is 38.8 Å². The highest BCUT2D eigenvalue weighted by Gasteiger charge is 2.48. The van der Waals surface area contributed by atoms with Gasteiger partial charge in [-0.1, -0.05) is 18.6 Å². The predicted octanol–water partition coefficient (Wildman–Crippen LogP) is 4.49. The Labute approximate surface area is 134 Å². The first-order valence-electron chi connectivity index (χ1n) is 8.47. The molecule has 4 nitrogen and oxygen atoms in total. The maximum Gasteiger partial charge on any atom is 0.412 e. The molecular formula is C18H31NO3. The Balaban J connectivity index is 2.18. The van der Waals surface area contributed by atoms with Gasteiger partial charge in [0.25, 0.3) is 0 Å². The molecule has 0 N–H and O–H groups in total. The zero-order valence-corrected chi connectivity index (χ0v) is 14.9. The quantitative estimate of drug-likeness (QED) is 0.705. The van der Waals surface area contributed by atoms with Gasteiger partial charge in [0.05, 0.1) is 12.6 Å². The molecular weight excluding hydrogens is 278 g/mol. The second kappa shape index (κ2) is 6.23. The first-order chi connectivity index (χ1) is 10.1. The first-order valence-corrected chi connectivity index (χ1v) is 8.47. The van der Waals surface area contributed by atoms with Crippen molar-refractivity contribution in [1.29, 1.82) is 0 Å². The summed E-state index contributed by atoms with van der Waals surface area (Å²) < 4.78 is 11.5. The van der Waals surface area contributed by atoms with Crippen molar-refractivity contribution in [3.63, 3.8) is 0 Å². The highest BCUT2D eigenvalue weighted by molar-refractivity contribution is 5.70. The largest absolute Gasteiger partial charge is 0.444 e. The van der Waals surface area contributed by atoms with Crippen LogP contribution in [0.25, 0.3) is 0 Å². The standard InChI is InChI=1S/C18H31NO3/c1-13(14-10-8-7-9-11-14)15-12-21-18(5,6)19(15)16(20)22-17(2,3)4/h10,13,15H,7-9,11-12H2,1-6H3/t13-,15+/m1/s1. The van der Waals surface area contributed by atoms with Crippen molar-refractivity contribution < 1.29 is 14.3 Å². The van der Waals surface area contributed by atoms with Gasteiger partial charge in [-0.3, -0.25) is 4.90 Å². The molecule has 1 saturated heterocycles. The van der Waals surface area contributed by atoms with Crippen molar-refractivity contribution in [2.45, 2.75) is 84.6 Å². The Kier molecular flexibility index (Phi) is 4.90. The van der Waals surface area contributed by atoms with Crippen LogP contribution in [0.3, 0.4) is 0 Å². The molecule has 0 saturated carbocycles. The maximum absolute atomic E-state index is 12.7. The van der Waals surface area contributed by atoms with E-state index in [0.29, 0.717) is 12.5 Å². The summed E-state index contributed by atoms with van der Waals surface area (Å²) in [5.41, 5.74) is 0.357. The van der Waals surface area contributed by atoms with Crippen LogP contribution in [0.1, 0.15) is 67.2 Å². The van der Waals surface area contributed by atoms with E-state index in [-0.39, 0.29) is 12.1 Å². The number of rotatable bonds is 2. The van der Waals surface area contributed by atoms with E-state index in [1.807, 2.05) is 34.6 Å². The Morgan fingerprint density at radius 2 is 2.09 bits per heavy atom. The van der Waals surface area contributed by atoms with Gasteiger partial charge in [0, 0.05) is 0 Å². The Morgan fingerprint density at radius 3 is 2.64 bits per heavy atom. The average Bonchev–Trinajstić information content (AvgIpc) is 2.72. The summed E-state index contributed by atoms with van der Waals surface area (Å²) in [6.45, 7) is 12.4. The molecule has 0 radical (unpaired) electrons. The van der Waals surface area contributed by atoms with E-state index < -0.39 is 11.3 Å². The summed E-state index contributed by atoms with van der Waals surface area (Å²) >= 11 is 0. The van der Waals surface area contributed by atoms with Gasteiger partial charge in [0.2, 0.25) is 0 Å². The third-order valence-corrected chi connectivity index (χ3v) is 4.60. The van der Waals surface area contributed by atoms with Gasteiger partial charge in [-0.2, -0.15) is 0 Å². The fraction of sp³-hybridized carbons (Fsp3) is 0.833. The Hall–Kier alpha value is -1.03. The van der Waals surface area contributed by atoms with E-state index in [0.717, 1.165) is 12.8 Å². The van der Waals surface area contributed by atoms with Crippen LogP contribution in [-0.2, 0) is 9.47 Å². The van der Waals surface area contributed by atoms with Crippen LogP contribution in [0.15, 0.2) is 11.6 Å². The van der Waals surface area contributed by atoms with E-state index in [1.165, 1.54) is 18.4 Å². The van der Waals surface area contributed by atoms with Gasteiger partial charge in [0.15, 0.2) is 0 Å². The van der Waals surface area contributed by atoms with E-state index in [4.69, 9.17) is 9.47 Å². The smallest absolute Gasteiger partial charge is 0.412 e. The van der Waals surface area contributed by atoms with E-state index in [9.17, 15) is 4.79 Å². The molecule has 1 heterocycles.